The number of hydrazone groups is 1. The normalized spacial score (nSPS) is 10.6. The first-order valence-electron chi connectivity index (χ1n) is 9.18. The van der Waals surface area contributed by atoms with Gasteiger partial charge in [0, 0.05) is 22.6 Å². The molecule has 3 rings (SSSR count). The molecular formula is C23H20BrN3O3. The van der Waals surface area contributed by atoms with E-state index in [1.54, 1.807) is 30.5 Å². The molecule has 0 spiro atoms. The van der Waals surface area contributed by atoms with E-state index in [0.29, 0.717) is 17.9 Å². The highest BCUT2D eigenvalue weighted by Gasteiger charge is 2.04. The summed E-state index contributed by atoms with van der Waals surface area (Å²) in [5, 5.41) is 6.63. The van der Waals surface area contributed by atoms with Gasteiger partial charge < -0.3 is 10.1 Å². The standard InChI is InChI=1S/C23H20BrN3O3/c1-16(28)26-21-10-6-19(7-11-21)23(29)27-25-14-17-4-12-22(13-5-17)30-15-18-2-8-20(24)9-3-18/h2-14H,15H2,1H3,(H,26,28)(H,27,29)/b25-14-. The molecule has 2 amide bonds. The average Bonchev–Trinajstić information content (AvgIpc) is 2.74. The summed E-state index contributed by atoms with van der Waals surface area (Å²) in [5.74, 6) is 0.245. The molecule has 2 N–H and O–H groups in total. The van der Waals surface area contributed by atoms with Crippen LogP contribution in [0.15, 0.2) is 82.4 Å². The molecule has 0 aliphatic heterocycles. The highest BCUT2D eigenvalue weighted by molar-refractivity contribution is 9.10. The summed E-state index contributed by atoms with van der Waals surface area (Å²) >= 11 is 3.41. The van der Waals surface area contributed by atoms with Gasteiger partial charge in [0.05, 0.1) is 6.21 Å². The second-order valence-corrected chi connectivity index (χ2v) is 7.36. The van der Waals surface area contributed by atoms with Crippen molar-refractivity contribution in [3.8, 4) is 5.75 Å². The Morgan fingerprint density at radius 1 is 0.967 bits per heavy atom. The maximum Gasteiger partial charge on any atom is 0.271 e. The number of carbonyl (C=O) groups is 2. The summed E-state index contributed by atoms with van der Waals surface area (Å²) in [6.07, 6.45) is 1.56. The minimum Gasteiger partial charge on any atom is -0.489 e. The first-order chi connectivity index (χ1) is 14.5. The molecule has 3 aromatic rings. The van der Waals surface area contributed by atoms with E-state index in [-0.39, 0.29) is 11.8 Å². The molecule has 0 unspecified atom stereocenters. The Morgan fingerprint density at radius 2 is 1.63 bits per heavy atom. The fraction of sp³-hybridized carbons (Fsp3) is 0.0870. The molecule has 0 bridgehead atoms. The number of amides is 2. The molecule has 0 aliphatic carbocycles. The molecule has 30 heavy (non-hydrogen) atoms. The third-order valence-corrected chi connectivity index (χ3v) is 4.57. The van der Waals surface area contributed by atoms with E-state index in [1.807, 2.05) is 48.5 Å². The number of hydrogen-bond donors (Lipinski definition) is 2. The van der Waals surface area contributed by atoms with Gasteiger partial charge in [-0.05, 0) is 71.8 Å². The van der Waals surface area contributed by atoms with Crippen LogP contribution in [0.4, 0.5) is 5.69 Å². The molecule has 6 nitrogen and oxygen atoms in total. The highest BCUT2D eigenvalue weighted by Crippen LogP contribution is 2.15. The minimum atomic E-state index is -0.338. The molecule has 152 valence electrons. The predicted octanol–water partition coefficient (Wildman–Crippen LogP) is 4.75. The van der Waals surface area contributed by atoms with Crippen LogP contribution in [0.2, 0.25) is 0 Å². The van der Waals surface area contributed by atoms with E-state index >= 15 is 0 Å². The Hall–Kier alpha value is -3.45. The smallest absolute Gasteiger partial charge is 0.271 e. The number of nitrogens with zero attached hydrogens (tertiary/aromatic N) is 1. The van der Waals surface area contributed by atoms with Crippen LogP contribution in [0.25, 0.3) is 0 Å². The van der Waals surface area contributed by atoms with Gasteiger partial charge in [-0.15, -0.1) is 0 Å². The molecule has 0 radical (unpaired) electrons. The SMILES string of the molecule is CC(=O)Nc1ccc(C(=O)N/N=C\c2ccc(OCc3ccc(Br)cc3)cc2)cc1. The van der Waals surface area contributed by atoms with Crippen LogP contribution in [0.3, 0.4) is 0 Å². The predicted molar refractivity (Wildman–Crippen MR) is 121 cm³/mol. The highest BCUT2D eigenvalue weighted by atomic mass is 79.9. The minimum absolute atomic E-state index is 0.165. The van der Waals surface area contributed by atoms with Crippen LogP contribution in [-0.4, -0.2) is 18.0 Å². The Labute approximate surface area is 183 Å². The number of anilines is 1. The molecule has 0 atom stereocenters. The van der Waals surface area contributed by atoms with Gasteiger partial charge in [0.1, 0.15) is 12.4 Å². The van der Waals surface area contributed by atoms with Crippen molar-refractivity contribution in [3.63, 3.8) is 0 Å². The lowest BCUT2D eigenvalue weighted by molar-refractivity contribution is -0.114. The van der Waals surface area contributed by atoms with Gasteiger partial charge in [-0.1, -0.05) is 28.1 Å². The van der Waals surface area contributed by atoms with Crippen molar-refractivity contribution in [2.45, 2.75) is 13.5 Å². The van der Waals surface area contributed by atoms with Crippen LogP contribution < -0.4 is 15.5 Å². The Morgan fingerprint density at radius 3 is 2.27 bits per heavy atom. The van der Waals surface area contributed by atoms with Crippen LogP contribution in [0.1, 0.15) is 28.4 Å². The van der Waals surface area contributed by atoms with Crippen LogP contribution in [0, 0.1) is 0 Å². The monoisotopic (exact) mass is 465 g/mol. The van der Waals surface area contributed by atoms with E-state index in [2.05, 4.69) is 31.8 Å². The molecule has 7 heteroatoms. The van der Waals surface area contributed by atoms with Crippen molar-refractivity contribution < 1.29 is 14.3 Å². The molecule has 0 heterocycles. The van der Waals surface area contributed by atoms with Crippen LogP contribution >= 0.6 is 15.9 Å². The van der Waals surface area contributed by atoms with Crippen LogP contribution in [0.5, 0.6) is 5.75 Å². The van der Waals surface area contributed by atoms with Gasteiger partial charge >= 0.3 is 0 Å². The largest absolute Gasteiger partial charge is 0.489 e. The summed E-state index contributed by atoms with van der Waals surface area (Å²) in [4.78, 5) is 23.2. The molecule has 0 fully saturated rings. The fourth-order valence-corrected chi connectivity index (χ4v) is 2.80. The first kappa shape index (κ1) is 21.3. The molecule has 3 aromatic carbocycles. The molecule has 0 aromatic heterocycles. The van der Waals surface area contributed by atoms with Gasteiger partial charge in [-0.25, -0.2) is 5.43 Å². The third-order valence-electron chi connectivity index (χ3n) is 4.05. The zero-order valence-electron chi connectivity index (χ0n) is 16.3. The van der Waals surface area contributed by atoms with Gasteiger partial charge in [-0.3, -0.25) is 9.59 Å². The summed E-state index contributed by atoms with van der Waals surface area (Å²) < 4.78 is 6.80. The van der Waals surface area contributed by atoms with E-state index in [9.17, 15) is 9.59 Å². The molecule has 0 saturated heterocycles. The Balaban J connectivity index is 1.49. The Kier molecular flexibility index (Phi) is 7.34. The lowest BCUT2D eigenvalue weighted by atomic mass is 10.2. The van der Waals surface area contributed by atoms with E-state index < -0.39 is 0 Å². The number of hydrogen-bond acceptors (Lipinski definition) is 4. The van der Waals surface area contributed by atoms with Gasteiger partial charge in [0.2, 0.25) is 5.91 Å². The van der Waals surface area contributed by atoms with Crippen LogP contribution in [-0.2, 0) is 11.4 Å². The van der Waals surface area contributed by atoms with Gasteiger partial charge in [0.25, 0.3) is 5.91 Å². The number of nitrogens with one attached hydrogen (secondary N) is 2. The van der Waals surface area contributed by atoms with E-state index in [1.165, 1.54) is 6.92 Å². The van der Waals surface area contributed by atoms with Crippen molar-refractivity contribution in [1.82, 2.24) is 5.43 Å². The van der Waals surface area contributed by atoms with Crippen molar-refractivity contribution in [2.75, 3.05) is 5.32 Å². The second kappa shape index (κ2) is 10.4. The Bertz CT molecular complexity index is 1030. The van der Waals surface area contributed by atoms with Crippen molar-refractivity contribution in [2.24, 2.45) is 5.10 Å². The summed E-state index contributed by atoms with van der Waals surface area (Å²) in [7, 11) is 0. The van der Waals surface area contributed by atoms with Crippen molar-refractivity contribution in [3.05, 3.63) is 94.0 Å². The fourth-order valence-electron chi connectivity index (χ4n) is 2.54. The van der Waals surface area contributed by atoms with Gasteiger partial charge in [0.15, 0.2) is 0 Å². The number of rotatable bonds is 7. The number of benzene rings is 3. The van der Waals surface area contributed by atoms with Gasteiger partial charge in [-0.2, -0.15) is 5.10 Å². The number of halogens is 1. The van der Waals surface area contributed by atoms with E-state index in [0.717, 1.165) is 21.3 Å². The summed E-state index contributed by atoms with van der Waals surface area (Å²) in [6.45, 7) is 1.91. The lowest BCUT2D eigenvalue weighted by Crippen LogP contribution is -2.17. The first-order valence-corrected chi connectivity index (χ1v) is 9.97. The average molecular weight is 466 g/mol. The summed E-state index contributed by atoms with van der Waals surface area (Å²) in [6, 6.07) is 21.9. The lowest BCUT2D eigenvalue weighted by Gasteiger charge is -2.06. The number of ether oxygens (including phenoxy) is 1. The summed E-state index contributed by atoms with van der Waals surface area (Å²) in [5.41, 5.74) is 5.46. The maximum absolute atomic E-state index is 12.1. The van der Waals surface area contributed by atoms with E-state index in [4.69, 9.17) is 4.74 Å². The van der Waals surface area contributed by atoms with Crippen molar-refractivity contribution in [1.29, 1.82) is 0 Å². The zero-order valence-corrected chi connectivity index (χ0v) is 17.8. The third kappa shape index (κ3) is 6.56. The molecule has 0 saturated carbocycles. The van der Waals surface area contributed by atoms with Crippen molar-refractivity contribution >= 4 is 39.6 Å². The molecule has 0 aliphatic rings. The quantitative estimate of drug-likeness (QED) is 0.390. The number of carbonyl (C=O) groups excluding carboxylic acids is 2. The zero-order chi connectivity index (χ0) is 21.3. The second-order valence-electron chi connectivity index (χ2n) is 6.44. The molecular weight excluding hydrogens is 446 g/mol. The topological polar surface area (TPSA) is 79.8 Å². The maximum atomic E-state index is 12.1.